The van der Waals surface area contributed by atoms with Crippen LogP contribution in [0.2, 0.25) is 0 Å². The van der Waals surface area contributed by atoms with Crippen LogP contribution in [0.1, 0.15) is 12.8 Å². The van der Waals surface area contributed by atoms with E-state index in [1.807, 2.05) is 0 Å². The summed E-state index contributed by atoms with van der Waals surface area (Å²) in [4.78, 5) is 9.57. The van der Waals surface area contributed by atoms with Crippen LogP contribution in [0.5, 0.6) is 5.75 Å². The van der Waals surface area contributed by atoms with Crippen LogP contribution in [0, 0.1) is 16.0 Å². The molecular weight excluding hydrogens is 260 g/mol. The van der Waals surface area contributed by atoms with Gasteiger partial charge < -0.3 is 4.74 Å². The Hall–Kier alpha value is -1.67. The normalized spacial score (nSPS) is 15.4. The fourth-order valence-electron chi connectivity index (χ4n) is 1.44. The minimum absolute atomic E-state index is 0.0648. The maximum Gasteiger partial charge on any atom is 0.271 e. The lowest BCUT2D eigenvalue weighted by molar-refractivity contribution is -0.385. The summed E-state index contributed by atoms with van der Waals surface area (Å²) in [5.41, 5.74) is -0.335. The Morgan fingerprint density at radius 2 is 2.11 bits per heavy atom. The largest absolute Gasteiger partial charge is 0.492 e. The fraction of sp³-hybridized carbons (Fsp3) is 0.400. The topological polar surface area (TPSA) is 113 Å². The van der Waals surface area contributed by atoms with Crippen LogP contribution in [0.15, 0.2) is 23.1 Å². The van der Waals surface area contributed by atoms with Gasteiger partial charge in [0.1, 0.15) is 10.6 Å². The number of hydrogen-bond donors (Lipinski definition) is 1. The average Bonchev–Trinajstić information content (AvgIpc) is 3.08. The van der Waals surface area contributed by atoms with E-state index >= 15 is 0 Å². The molecule has 0 atom stereocenters. The van der Waals surface area contributed by atoms with E-state index in [-0.39, 0.29) is 16.3 Å². The van der Waals surface area contributed by atoms with E-state index in [1.165, 1.54) is 12.1 Å². The molecule has 8 heteroatoms. The van der Waals surface area contributed by atoms with E-state index < -0.39 is 14.9 Å². The maximum atomic E-state index is 11.4. The van der Waals surface area contributed by atoms with Gasteiger partial charge in [0.2, 0.25) is 10.0 Å². The van der Waals surface area contributed by atoms with Crippen molar-refractivity contribution in [3.05, 3.63) is 28.3 Å². The molecule has 0 aliphatic heterocycles. The third-order valence-electron chi connectivity index (χ3n) is 2.62. The summed E-state index contributed by atoms with van der Waals surface area (Å²) in [5.74, 6) is 0.503. The number of nitrogens with two attached hydrogens (primary N) is 1. The van der Waals surface area contributed by atoms with Crippen molar-refractivity contribution in [1.82, 2.24) is 0 Å². The monoisotopic (exact) mass is 272 g/mol. The van der Waals surface area contributed by atoms with Crippen molar-refractivity contribution in [3.63, 3.8) is 0 Å². The highest BCUT2D eigenvalue weighted by Crippen LogP contribution is 2.32. The van der Waals surface area contributed by atoms with Crippen molar-refractivity contribution >= 4 is 15.7 Å². The molecule has 1 aliphatic carbocycles. The van der Waals surface area contributed by atoms with Gasteiger partial charge in [-0.2, -0.15) is 0 Å². The number of nitrogens with zero attached hydrogens (tertiary/aromatic N) is 1. The standard InChI is InChI=1S/C10H12N2O5S/c11-18(15,16)10-5-8(12(13)14)3-4-9(10)17-6-7-1-2-7/h3-5,7H,1-2,6H2,(H2,11,15,16). The lowest BCUT2D eigenvalue weighted by Gasteiger charge is -2.09. The quantitative estimate of drug-likeness (QED) is 0.635. The number of rotatable bonds is 5. The molecule has 0 radical (unpaired) electrons. The molecule has 1 saturated carbocycles. The summed E-state index contributed by atoms with van der Waals surface area (Å²) in [6, 6.07) is 3.37. The SMILES string of the molecule is NS(=O)(=O)c1cc([N+](=O)[O-])ccc1OCC1CC1. The second-order valence-electron chi connectivity index (χ2n) is 4.19. The Labute approximate surface area is 104 Å². The minimum Gasteiger partial charge on any atom is -0.492 e. The van der Waals surface area contributed by atoms with Gasteiger partial charge in [0.05, 0.1) is 11.5 Å². The molecule has 0 saturated heterocycles. The van der Waals surface area contributed by atoms with Gasteiger partial charge >= 0.3 is 0 Å². The van der Waals surface area contributed by atoms with Crippen LogP contribution in [0.25, 0.3) is 0 Å². The predicted molar refractivity (Wildman–Crippen MR) is 62.7 cm³/mol. The van der Waals surface area contributed by atoms with Gasteiger partial charge in [-0.3, -0.25) is 10.1 Å². The Bertz CT molecular complexity index is 580. The second-order valence-corrected chi connectivity index (χ2v) is 5.72. The van der Waals surface area contributed by atoms with Crippen LogP contribution in [0.4, 0.5) is 5.69 Å². The van der Waals surface area contributed by atoms with Crippen molar-refractivity contribution in [2.75, 3.05) is 6.61 Å². The summed E-state index contributed by atoms with van der Waals surface area (Å²) in [6.07, 6.45) is 2.11. The molecule has 0 heterocycles. The van der Waals surface area contributed by atoms with E-state index in [2.05, 4.69) is 0 Å². The second kappa shape index (κ2) is 4.54. The number of ether oxygens (including phenoxy) is 1. The van der Waals surface area contributed by atoms with Gasteiger partial charge in [0, 0.05) is 12.1 Å². The van der Waals surface area contributed by atoms with Crippen molar-refractivity contribution < 1.29 is 18.1 Å². The summed E-state index contributed by atoms with van der Waals surface area (Å²) in [7, 11) is -4.05. The molecule has 0 aromatic heterocycles. The number of primary sulfonamides is 1. The minimum atomic E-state index is -4.05. The zero-order chi connectivity index (χ0) is 13.3. The summed E-state index contributed by atoms with van der Waals surface area (Å²) < 4.78 is 28.1. The first-order valence-electron chi connectivity index (χ1n) is 5.32. The smallest absolute Gasteiger partial charge is 0.271 e. The molecule has 0 unspecified atom stereocenters. The highest BCUT2D eigenvalue weighted by molar-refractivity contribution is 7.89. The van der Waals surface area contributed by atoms with Gasteiger partial charge in [-0.05, 0) is 24.8 Å². The third kappa shape index (κ3) is 2.96. The number of sulfonamides is 1. The first-order chi connectivity index (χ1) is 8.38. The highest BCUT2D eigenvalue weighted by atomic mass is 32.2. The first-order valence-corrected chi connectivity index (χ1v) is 6.86. The Kier molecular flexibility index (Phi) is 3.22. The molecular formula is C10H12N2O5S. The molecule has 0 spiro atoms. The van der Waals surface area contributed by atoms with Crippen LogP contribution < -0.4 is 9.88 Å². The van der Waals surface area contributed by atoms with E-state index in [0.717, 1.165) is 18.9 Å². The van der Waals surface area contributed by atoms with Gasteiger partial charge in [-0.1, -0.05) is 0 Å². The number of hydrogen-bond acceptors (Lipinski definition) is 5. The first kappa shape index (κ1) is 12.8. The van der Waals surface area contributed by atoms with Crippen molar-refractivity contribution in [3.8, 4) is 5.75 Å². The molecule has 98 valence electrons. The van der Waals surface area contributed by atoms with Crippen LogP contribution in [0.3, 0.4) is 0 Å². The zero-order valence-corrected chi connectivity index (χ0v) is 10.2. The van der Waals surface area contributed by atoms with Gasteiger partial charge in [0.15, 0.2) is 0 Å². The predicted octanol–water partition coefficient (Wildman–Crippen LogP) is 1.03. The van der Waals surface area contributed by atoms with Gasteiger partial charge in [0.25, 0.3) is 5.69 Å². The van der Waals surface area contributed by atoms with Crippen molar-refractivity contribution in [2.24, 2.45) is 11.1 Å². The molecule has 2 rings (SSSR count). The highest BCUT2D eigenvalue weighted by Gasteiger charge is 2.25. The number of benzene rings is 1. The van der Waals surface area contributed by atoms with E-state index in [0.29, 0.717) is 12.5 Å². The summed E-state index contributed by atoms with van der Waals surface area (Å²) in [6.45, 7) is 0.403. The van der Waals surface area contributed by atoms with E-state index in [4.69, 9.17) is 9.88 Å². The Morgan fingerprint density at radius 1 is 1.44 bits per heavy atom. The zero-order valence-electron chi connectivity index (χ0n) is 9.40. The van der Waals surface area contributed by atoms with Crippen LogP contribution in [-0.4, -0.2) is 19.9 Å². The molecule has 0 amide bonds. The van der Waals surface area contributed by atoms with Crippen molar-refractivity contribution in [1.29, 1.82) is 0 Å². The maximum absolute atomic E-state index is 11.4. The molecule has 1 aromatic rings. The lowest BCUT2D eigenvalue weighted by Crippen LogP contribution is -2.15. The molecule has 2 N–H and O–H groups in total. The molecule has 1 fully saturated rings. The Balaban J connectivity index is 2.34. The molecule has 1 aliphatic rings. The summed E-state index contributed by atoms with van der Waals surface area (Å²) in [5, 5.41) is 15.6. The molecule has 0 bridgehead atoms. The number of non-ortho nitro benzene ring substituents is 1. The van der Waals surface area contributed by atoms with Crippen LogP contribution >= 0.6 is 0 Å². The van der Waals surface area contributed by atoms with Gasteiger partial charge in [-0.25, -0.2) is 13.6 Å². The summed E-state index contributed by atoms with van der Waals surface area (Å²) >= 11 is 0. The van der Waals surface area contributed by atoms with Gasteiger partial charge in [-0.15, -0.1) is 0 Å². The van der Waals surface area contributed by atoms with E-state index in [1.54, 1.807) is 0 Å². The van der Waals surface area contributed by atoms with E-state index in [9.17, 15) is 18.5 Å². The van der Waals surface area contributed by atoms with Crippen LogP contribution in [-0.2, 0) is 10.0 Å². The number of nitro benzene ring substituents is 1. The fourth-order valence-corrected chi connectivity index (χ4v) is 2.14. The number of nitro groups is 1. The van der Waals surface area contributed by atoms with Crippen molar-refractivity contribution in [2.45, 2.75) is 17.7 Å². The lowest BCUT2D eigenvalue weighted by atomic mass is 10.3. The molecule has 7 nitrogen and oxygen atoms in total. The average molecular weight is 272 g/mol. The third-order valence-corrected chi connectivity index (χ3v) is 3.55. The molecule has 18 heavy (non-hydrogen) atoms. The molecule has 1 aromatic carbocycles. The Morgan fingerprint density at radius 3 is 2.61 bits per heavy atom.